The molecule has 1 aromatic heterocycles. The van der Waals surface area contributed by atoms with Gasteiger partial charge in [0.15, 0.2) is 5.82 Å². The minimum absolute atomic E-state index is 0.0360. The molecule has 2 aromatic rings. The summed E-state index contributed by atoms with van der Waals surface area (Å²) in [5.41, 5.74) is 5.98. The highest BCUT2D eigenvalue weighted by Gasteiger charge is 2.10. The van der Waals surface area contributed by atoms with Gasteiger partial charge in [-0.25, -0.2) is 13.8 Å². The van der Waals surface area contributed by atoms with Gasteiger partial charge in [-0.1, -0.05) is 11.6 Å². The monoisotopic (exact) mass is 255 g/mol. The summed E-state index contributed by atoms with van der Waals surface area (Å²) in [5, 5.41) is 2.58. The van der Waals surface area contributed by atoms with Crippen molar-refractivity contribution in [2.24, 2.45) is 0 Å². The number of rotatable bonds is 2. The molecule has 3 nitrogen and oxygen atoms in total. The maximum Gasteiger partial charge on any atom is 0.151 e. The van der Waals surface area contributed by atoms with Gasteiger partial charge in [-0.3, -0.25) is 0 Å². The van der Waals surface area contributed by atoms with Gasteiger partial charge in [0.25, 0.3) is 0 Å². The number of pyridine rings is 1. The minimum Gasteiger partial charge on any atom is -0.399 e. The second-order valence-electron chi connectivity index (χ2n) is 3.34. The van der Waals surface area contributed by atoms with Crippen LogP contribution in [-0.2, 0) is 0 Å². The fraction of sp³-hybridized carbons (Fsp3) is 0. The minimum atomic E-state index is -0.792. The van der Waals surface area contributed by atoms with E-state index in [9.17, 15) is 8.78 Å². The molecule has 0 bridgehead atoms. The van der Waals surface area contributed by atoms with Crippen LogP contribution in [0.15, 0.2) is 30.5 Å². The summed E-state index contributed by atoms with van der Waals surface area (Å²) in [6.45, 7) is 0. The maximum atomic E-state index is 13.5. The molecule has 17 heavy (non-hydrogen) atoms. The molecule has 6 heteroatoms. The molecular formula is C11H8ClF2N3. The van der Waals surface area contributed by atoms with Crippen LogP contribution in [-0.4, -0.2) is 4.98 Å². The molecule has 88 valence electrons. The molecule has 0 saturated heterocycles. The Bertz CT molecular complexity index is 537. The molecule has 0 spiro atoms. The van der Waals surface area contributed by atoms with Crippen LogP contribution in [0.5, 0.6) is 0 Å². The van der Waals surface area contributed by atoms with E-state index < -0.39 is 11.6 Å². The largest absolute Gasteiger partial charge is 0.399 e. The van der Waals surface area contributed by atoms with Crippen LogP contribution < -0.4 is 11.1 Å². The normalized spacial score (nSPS) is 10.3. The Morgan fingerprint density at radius 2 is 2.00 bits per heavy atom. The van der Waals surface area contributed by atoms with E-state index in [-0.39, 0.29) is 10.7 Å². The van der Waals surface area contributed by atoms with Crippen LogP contribution in [0, 0.1) is 11.6 Å². The van der Waals surface area contributed by atoms with Gasteiger partial charge >= 0.3 is 0 Å². The van der Waals surface area contributed by atoms with Gasteiger partial charge in [0.05, 0.1) is 10.7 Å². The molecular weight excluding hydrogens is 248 g/mol. The average Bonchev–Trinajstić information content (AvgIpc) is 2.23. The maximum absolute atomic E-state index is 13.5. The zero-order valence-corrected chi connectivity index (χ0v) is 9.30. The lowest BCUT2D eigenvalue weighted by Gasteiger charge is -2.09. The number of hydrogen-bond donors (Lipinski definition) is 2. The molecule has 0 aliphatic heterocycles. The number of halogens is 3. The lowest BCUT2D eigenvalue weighted by Crippen LogP contribution is -1.99. The SMILES string of the molecule is Nc1ccnc(Nc2c(F)cc(F)cc2Cl)c1. The van der Waals surface area contributed by atoms with E-state index in [0.717, 1.165) is 12.1 Å². The molecule has 1 heterocycles. The summed E-state index contributed by atoms with van der Waals surface area (Å²) >= 11 is 5.72. The van der Waals surface area contributed by atoms with E-state index in [4.69, 9.17) is 17.3 Å². The highest BCUT2D eigenvalue weighted by Crippen LogP contribution is 2.29. The van der Waals surface area contributed by atoms with Crippen molar-refractivity contribution in [1.29, 1.82) is 0 Å². The highest BCUT2D eigenvalue weighted by molar-refractivity contribution is 6.33. The highest BCUT2D eigenvalue weighted by atomic mass is 35.5. The molecule has 2 rings (SSSR count). The fourth-order valence-electron chi connectivity index (χ4n) is 1.30. The van der Waals surface area contributed by atoms with Gasteiger partial charge in [-0.15, -0.1) is 0 Å². The van der Waals surface area contributed by atoms with Crippen molar-refractivity contribution in [3.8, 4) is 0 Å². The molecule has 0 amide bonds. The molecule has 0 aliphatic rings. The van der Waals surface area contributed by atoms with Crippen molar-refractivity contribution in [3.05, 3.63) is 47.1 Å². The molecule has 1 aromatic carbocycles. The van der Waals surface area contributed by atoms with Crippen molar-refractivity contribution >= 4 is 28.8 Å². The predicted octanol–water partition coefficient (Wildman–Crippen LogP) is 3.34. The van der Waals surface area contributed by atoms with Gasteiger partial charge in [0.1, 0.15) is 11.6 Å². The average molecular weight is 256 g/mol. The van der Waals surface area contributed by atoms with Gasteiger partial charge in [0, 0.05) is 24.0 Å². The van der Waals surface area contributed by atoms with Crippen LogP contribution in [0.2, 0.25) is 5.02 Å². The summed E-state index contributed by atoms with van der Waals surface area (Å²) in [5.74, 6) is -1.20. The molecule has 0 saturated carbocycles. The number of nitrogen functional groups attached to an aromatic ring is 1. The number of nitrogens with two attached hydrogens (primary N) is 1. The third-order valence-corrected chi connectivity index (χ3v) is 2.34. The van der Waals surface area contributed by atoms with Crippen LogP contribution in [0.25, 0.3) is 0 Å². The van der Waals surface area contributed by atoms with Gasteiger partial charge in [-0.05, 0) is 12.1 Å². The van der Waals surface area contributed by atoms with Crippen LogP contribution >= 0.6 is 11.6 Å². The number of anilines is 3. The number of hydrogen-bond acceptors (Lipinski definition) is 3. The van der Waals surface area contributed by atoms with Crippen LogP contribution in [0.3, 0.4) is 0 Å². The van der Waals surface area contributed by atoms with E-state index in [1.54, 1.807) is 6.07 Å². The Morgan fingerprint density at radius 3 is 2.65 bits per heavy atom. The lowest BCUT2D eigenvalue weighted by atomic mass is 10.3. The second-order valence-corrected chi connectivity index (χ2v) is 3.75. The molecule has 0 aliphatic carbocycles. The summed E-state index contributed by atoms with van der Waals surface area (Å²) < 4.78 is 26.3. The molecule has 0 radical (unpaired) electrons. The number of benzene rings is 1. The van der Waals surface area contributed by atoms with E-state index in [1.165, 1.54) is 12.3 Å². The van der Waals surface area contributed by atoms with Crippen molar-refractivity contribution in [1.82, 2.24) is 4.98 Å². The topological polar surface area (TPSA) is 50.9 Å². The van der Waals surface area contributed by atoms with E-state index in [0.29, 0.717) is 11.5 Å². The first-order chi connectivity index (χ1) is 8.06. The van der Waals surface area contributed by atoms with E-state index in [2.05, 4.69) is 10.3 Å². The summed E-state index contributed by atoms with van der Waals surface area (Å²) in [6, 6.07) is 4.85. The Labute approximate surface area is 101 Å². The van der Waals surface area contributed by atoms with Crippen LogP contribution in [0.4, 0.5) is 26.0 Å². The third-order valence-electron chi connectivity index (χ3n) is 2.04. The Balaban J connectivity index is 2.36. The van der Waals surface area contributed by atoms with Crippen LogP contribution in [0.1, 0.15) is 0 Å². The van der Waals surface area contributed by atoms with Crippen molar-refractivity contribution in [2.75, 3.05) is 11.1 Å². The molecule has 0 atom stereocenters. The molecule has 0 unspecified atom stereocenters. The first-order valence-electron chi connectivity index (χ1n) is 4.69. The van der Waals surface area contributed by atoms with Gasteiger partial charge < -0.3 is 11.1 Å². The number of nitrogens with zero attached hydrogens (tertiary/aromatic N) is 1. The van der Waals surface area contributed by atoms with Gasteiger partial charge in [0.2, 0.25) is 0 Å². The lowest BCUT2D eigenvalue weighted by molar-refractivity contribution is 0.586. The molecule has 3 N–H and O–H groups in total. The third kappa shape index (κ3) is 2.62. The standard InChI is InChI=1S/C11H8ClF2N3/c12-8-3-6(13)4-9(14)11(8)17-10-5-7(15)1-2-16-10/h1-5H,(H3,15,16,17). The van der Waals surface area contributed by atoms with E-state index in [1.807, 2.05) is 0 Å². The first kappa shape index (κ1) is 11.6. The van der Waals surface area contributed by atoms with Crippen molar-refractivity contribution in [2.45, 2.75) is 0 Å². The zero-order chi connectivity index (χ0) is 12.4. The van der Waals surface area contributed by atoms with Crippen molar-refractivity contribution in [3.63, 3.8) is 0 Å². The summed E-state index contributed by atoms with van der Waals surface area (Å²) in [6.07, 6.45) is 1.47. The Kier molecular flexibility index (Phi) is 3.10. The van der Waals surface area contributed by atoms with Gasteiger partial charge in [-0.2, -0.15) is 0 Å². The number of aromatic nitrogens is 1. The quantitative estimate of drug-likeness (QED) is 0.865. The smallest absolute Gasteiger partial charge is 0.151 e. The summed E-state index contributed by atoms with van der Waals surface area (Å²) in [7, 11) is 0. The Hall–Kier alpha value is -1.88. The molecule has 0 fully saturated rings. The second kappa shape index (κ2) is 4.55. The number of nitrogens with one attached hydrogen (secondary N) is 1. The first-order valence-corrected chi connectivity index (χ1v) is 5.07. The summed E-state index contributed by atoms with van der Waals surface area (Å²) in [4.78, 5) is 3.93. The fourth-order valence-corrected chi connectivity index (χ4v) is 1.55. The van der Waals surface area contributed by atoms with Crippen molar-refractivity contribution < 1.29 is 8.78 Å². The van der Waals surface area contributed by atoms with E-state index >= 15 is 0 Å². The predicted molar refractivity (Wildman–Crippen MR) is 63.3 cm³/mol. The zero-order valence-electron chi connectivity index (χ0n) is 8.55. The Morgan fingerprint density at radius 1 is 1.24 bits per heavy atom.